The second kappa shape index (κ2) is 15.9. The van der Waals surface area contributed by atoms with E-state index in [1.807, 2.05) is 0 Å². The molecule has 0 aliphatic carbocycles. The summed E-state index contributed by atoms with van der Waals surface area (Å²) in [5.41, 5.74) is 1.54. The predicted molar refractivity (Wildman–Crippen MR) is 129 cm³/mol. The van der Waals surface area contributed by atoms with E-state index in [0.717, 1.165) is 0 Å². The van der Waals surface area contributed by atoms with E-state index in [4.69, 9.17) is 0 Å². The molecule has 1 heteroatoms. The fourth-order valence-corrected chi connectivity index (χ4v) is 5.26. The molecule has 166 valence electrons. The van der Waals surface area contributed by atoms with Crippen LogP contribution in [-0.2, 0) is 6.54 Å². The highest BCUT2D eigenvalue weighted by Gasteiger charge is 2.31. The van der Waals surface area contributed by atoms with Gasteiger partial charge in [-0.3, -0.25) is 0 Å². The van der Waals surface area contributed by atoms with Gasteiger partial charge in [-0.1, -0.05) is 121 Å². The Morgan fingerprint density at radius 2 is 1.03 bits per heavy atom. The molecule has 0 bridgehead atoms. The van der Waals surface area contributed by atoms with Crippen LogP contribution in [0.15, 0.2) is 30.3 Å². The summed E-state index contributed by atoms with van der Waals surface area (Å²) >= 11 is 0. The van der Waals surface area contributed by atoms with Crippen LogP contribution in [0, 0.1) is 0 Å². The second-order valence-electron chi connectivity index (χ2n) is 9.81. The molecule has 0 amide bonds. The summed E-state index contributed by atoms with van der Waals surface area (Å²) in [5.74, 6) is 0. The van der Waals surface area contributed by atoms with E-state index in [9.17, 15) is 0 Å². The van der Waals surface area contributed by atoms with E-state index in [2.05, 4.69) is 37.3 Å². The van der Waals surface area contributed by atoms with E-state index >= 15 is 0 Å². The average Bonchev–Trinajstić information content (AvgIpc) is 3.20. The standard InChI is InChI=1S/C28H50N/c1-2-3-4-5-6-7-8-9-10-11-12-13-14-15-19-24-29(25-20-21-26-29)27-28-22-17-16-18-23-28/h16-18,22-23H,2-15,19-21,24-27H2,1H3/q+1. The van der Waals surface area contributed by atoms with Crippen molar-refractivity contribution in [1.82, 2.24) is 0 Å². The van der Waals surface area contributed by atoms with Crippen LogP contribution in [0.4, 0.5) is 0 Å². The van der Waals surface area contributed by atoms with Gasteiger partial charge in [0.25, 0.3) is 0 Å². The lowest BCUT2D eigenvalue weighted by Gasteiger charge is -2.34. The molecule has 1 aromatic rings. The minimum atomic E-state index is 1.26. The van der Waals surface area contributed by atoms with Crippen molar-refractivity contribution in [1.29, 1.82) is 0 Å². The fourth-order valence-electron chi connectivity index (χ4n) is 5.26. The molecule has 1 aromatic carbocycles. The molecular formula is C28H50N+. The largest absolute Gasteiger partial charge is 0.320 e. The Morgan fingerprint density at radius 1 is 0.586 bits per heavy atom. The number of quaternary nitrogens is 1. The van der Waals surface area contributed by atoms with E-state index in [1.54, 1.807) is 0 Å². The van der Waals surface area contributed by atoms with E-state index in [0.29, 0.717) is 0 Å². The normalized spacial score (nSPS) is 15.8. The molecule has 1 aliphatic rings. The molecule has 2 rings (SSSR count). The predicted octanol–water partition coefficient (Wildman–Crippen LogP) is 8.67. The van der Waals surface area contributed by atoms with Gasteiger partial charge in [0.15, 0.2) is 0 Å². The van der Waals surface area contributed by atoms with E-state index in [-0.39, 0.29) is 0 Å². The Morgan fingerprint density at radius 3 is 1.52 bits per heavy atom. The van der Waals surface area contributed by atoms with Crippen molar-refractivity contribution < 1.29 is 4.48 Å². The molecule has 1 saturated heterocycles. The summed E-state index contributed by atoms with van der Waals surface area (Å²) in [6, 6.07) is 11.2. The second-order valence-corrected chi connectivity index (χ2v) is 9.81. The molecule has 29 heavy (non-hydrogen) atoms. The third-order valence-electron chi connectivity index (χ3n) is 7.11. The number of likely N-dealkylation sites (tertiary alicyclic amines) is 1. The quantitative estimate of drug-likeness (QED) is 0.171. The van der Waals surface area contributed by atoms with Crippen LogP contribution in [0.2, 0.25) is 0 Å². The van der Waals surface area contributed by atoms with Gasteiger partial charge in [-0.15, -0.1) is 0 Å². The van der Waals surface area contributed by atoms with Crippen LogP contribution in [0.3, 0.4) is 0 Å². The fraction of sp³-hybridized carbons (Fsp3) is 0.786. The van der Waals surface area contributed by atoms with Crippen molar-refractivity contribution in [3.8, 4) is 0 Å². The third-order valence-corrected chi connectivity index (χ3v) is 7.11. The molecule has 0 N–H and O–H groups in total. The van der Waals surface area contributed by atoms with Crippen molar-refractivity contribution in [2.45, 2.75) is 123 Å². The molecule has 0 spiro atoms. The first-order chi connectivity index (χ1) is 14.3. The molecule has 1 fully saturated rings. The van der Waals surface area contributed by atoms with Crippen molar-refractivity contribution in [2.75, 3.05) is 19.6 Å². The lowest BCUT2D eigenvalue weighted by Crippen LogP contribution is -2.45. The zero-order valence-electron chi connectivity index (χ0n) is 19.7. The van der Waals surface area contributed by atoms with Crippen LogP contribution < -0.4 is 0 Å². The maximum Gasteiger partial charge on any atom is 0.104 e. The minimum Gasteiger partial charge on any atom is -0.320 e. The van der Waals surface area contributed by atoms with Crippen LogP contribution in [-0.4, -0.2) is 24.1 Å². The molecular weight excluding hydrogens is 350 g/mol. The highest BCUT2D eigenvalue weighted by Crippen LogP contribution is 2.25. The molecule has 0 aromatic heterocycles. The van der Waals surface area contributed by atoms with Gasteiger partial charge < -0.3 is 4.48 Å². The molecule has 1 aliphatic heterocycles. The minimum absolute atomic E-state index is 1.26. The van der Waals surface area contributed by atoms with E-state index in [1.165, 1.54) is 145 Å². The summed E-state index contributed by atoms with van der Waals surface area (Å²) in [7, 11) is 0. The van der Waals surface area contributed by atoms with Crippen molar-refractivity contribution in [3.63, 3.8) is 0 Å². The zero-order chi connectivity index (χ0) is 20.5. The van der Waals surface area contributed by atoms with Gasteiger partial charge >= 0.3 is 0 Å². The summed E-state index contributed by atoms with van der Waals surface area (Å²) in [6.45, 7) is 7.80. The molecule has 0 unspecified atom stereocenters. The lowest BCUT2D eigenvalue weighted by molar-refractivity contribution is -0.930. The van der Waals surface area contributed by atoms with Gasteiger partial charge in [0, 0.05) is 18.4 Å². The van der Waals surface area contributed by atoms with Gasteiger partial charge in [-0.25, -0.2) is 0 Å². The van der Waals surface area contributed by atoms with Gasteiger partial charge in [-0.2, -0.15) is 0 Å². The third kappa shape index (κ3) is 11.2. The maximum atomic E-state index is 2.32. The summed E-state index contributed by atoms with van der Waals surface area (Å²) in [5, 5.41) is 0. The molecule has 1 heterocycles. The highest BCUT2D eigenvalue weighted by molar-refractivity contribution is 5.13. The van der Waals surface area contributed by atoms with Gasteiger partial charge in [0.2, 0.25) is 0 Å². The number of hydrogen-bond donors (Lipinski definition) is 0. The van der Waals surface area contributed by atoms with Crippen LogP contribution in [0.1, 0.15) is 122 Å². The Labute approximate surface area is 182 Å². The number of nitrogens with zero attached hydrogens (tertiary/aromatic N) is 1. The number of hydrogen-bond acceptors (Lipinski definition) is 0. The van der Waals surface area contributed by atoms with Crippen molar-refractivity contribution in [2.24, 2.45) is 0 Å². The zero-order valence-corrected chi connectivity index (χ0v) is 19.7. The van der Waals surface area contributed by atoms with Gasteiger partial charge in [-0.05, 0) is 12.8 Å². The topological polar surface area (TPSA) is 0 Å². The average molecular weight is 401 g/mol. The van der Waals surface area contributed by atoms with E-state index < -0.39 is 0 Å². The highest BCUT2D eigenvalue weighted by atomic mass is 15.4. The lowest BCUT2D eigenvalue weighted by atomic mass is 10.0. The molecule has 0 saturated carbocycles. The SMILES string of the molecule is CCCCCCCCCCCCCCCCC[N+]1(Cc2ccccc2)CCCC1. The molecule has 1 nitrogen and oxygen atoms in total. The van der Waals surface area contributed by atoms with Crippen LogP contribution >= 0.6 is 0 Å². The first kappa shape index (κ1) is 24.4. The Kier molecular flexibility index (Phi) is 13.4. The van der Waals surface area contributed by atoms with Crippen LogP contribution in [0.5, 0.6) is 0 Å². The molecule has 0 atom stereocenters. The van der Waals surface area contributed by atoms with Crippen molar-refractivity contribution in [3.05, 3.63) is 35.9 Å². The monoisotopic (exact) mass is 400 g/mol. The maximum absolute atomic E-state index is 2.32. The summed E-state index contributed by atoms with van der Waals surface area (Å²) < 4.78 is 1.36. The van der Waals surface area contributed by atoms with Crippen LogP contribution in [0.25, 0.3) is 0 Å². The molecule has 0 radical (unpaired) electrons. The first-order valence-corrected chi connectivity index (χ1v) is 13.2. The Hall–Kier alpha value is -0.820. The summed E-state index contributed by atoms with van der Waals surface area (Å²) in [4.78, 5) is 0. The Balaban J connectivity index is 1.41. The van der Waals surface area contributed by atoms with Crippen molar-refractivity contribution >= 4 is 0 Å². The smallest absolute Gasteiger partial charge is 0.104 e. The number of rotatable bonds is 18. The number of unbranched alkanes of at least 4 members (excludes halogenated alkanes) is 14. The first-order valence-electron chi connectivity index (χ1n) is 13.2. The summed E-state index contributed by atoms with van der Waals surface area (Å²) in [6.07, 6.45) is 24.8. The number of benzene rings is 1. The Bertz CT molecular complexity index is 474. The van der Waals surface area contributed by atoms with Gasteiger partial charge in [0.1, 0.15) is 6.54 Å². The van der Waals surface area contributed by atoms with Gasteiger partial charge in [0.05, 0.1) is 19.6 Å².